The average Bonchev–Trinajstić information content (AvgIpc) is 2.80. The zero-order valence-corrected chi connectivity index (χ0v) is 17.0. The Labute approximate surface area is 177 Å². The van der Waals surface area contributed by atoms with Gasteiger partial charge >= 0.3 is 0 Å². The Morgan fingerprint density at radius 1 is 0.700 bits per heavy atom. The molecule has 3 N–H and O–H groups in total. The van der Waals surface area contributed by atoms with E-state index in [1.165, 1.54) is 48.8 Å². The summed E-state index contributed by atoms with van der Waals surface area (Å²) in [6, 6.07) is 25.9. The molecule has 1 fully saturated rings. The molecule has 4 heteroatoms. The first-order valence-corrected chi connectivity index (χ1v) is 10.8. The molecule has 1 saturated carbocycles. The lowest BCUT2D eigenvalue weighted by molar-refractivity contribution is 0.462. The molecule has 1 aliphatic rings. The first-order valence-electron chi connectivity index (χ1n) is 10.8. The van der Waals surface area contributed by atoms with Crippen molar-refractivity contribution in [2.45, 2.75) is 38.1 Å². The molecule has 150 valence electrons. The third-order valence-electron chi connectivity index (χ3n) is 5.98. The number of aromatic nitrogens is 2. The fourth-order valence-corrected chi connectivity index (χ4v) is 4.36. The van der Waals surface area contributed by atoms with E-state index in [1.807, 2.05) is 12.1 Å². The van der Waals surface area contributed by atoms with Gasteiger partial charge in [-0.3, -0.25) is 0 Å². The molecule has 0 spiro atoms. The molecule has 0 saturated heterocycles. The number of nitrogens with one attached hydrogen (secondary N) is 1. The Bertz CT molecular complexity index is 1150. The third kappa shape index (κ3) is 3.86. The van der Waals surface area contributed by atoms with E-state index < -0.39 is 0 Å². The standard InChI is InChI=1S/C26H26N4/c27-26-29-24-16-15-21(17-23(24)25(30-26)28-22-9-5-2-6-10-22)20-13-11-19(12-14-20)18-7-3-1-4-8-18/h1,3-4,7-8,11-17,22H,2,5-6,9-10H2,(H3,27,28,29,30). The lowest BCUT2D eigenvalue weighted by Crippen LogP contribution is -2.23. The van der Waals surface area contributed by atoms with Crippen LogP contribution in [0, 0.1) is 0 Å². The SMILES string of the molecule is Nc1nc(NC2CCCCC2)c2cc(-c3ccc(-c4ccccc4)cc3)ccc2n1. The van der Waals surface area contributed by atoms with Gasteiger partial charge in [-0.1, -0.05) is 79.9 Å². The molecule has 0 aliphatic heterocycles. The van der Waals surface area contributed by atoms with E-state index in [9.17, 15) is 0 Å². The summed E-state index contributed by atoms with van der Waals surface area (Å²) >= 11 is 0. The van der Waals surface area contributed by atoms with Crippen molar-refractivity contribution in [1.82, 2.24) is 9.97 Å². The van der Waals surface area contributed by atoms with Crippen LogP contribution >= 0.6 is 0 Å². The summed E-state index contributed by atoms with van der Waals surface area (Å²) in [6.45, 7) is 0. The molecule has 1 heterocycles. The smallest absolute Gasteiger partial charge is 0.222 e. The molecule has 0 unspecified atom stereocenters. The van der Waals surface area contributed by atoms with Crippen LogP contribution in [0.2, 0.25) is 0 Å². The van der Waals surface area contributed by atoms with Gasteiger partial charge in [-0.15, -0.1) is 0 Å². The van der Waals surface area contributed by atoms with E-state index in [4.69, 9.17) is 5.73 Å². The second kappa shape index (κ2) is 8.15. The molecule has 0 radical (unpaired) electrons. The van der Waals surface area contributed by atoms with Gasteiger partial charge in [-0.05, 0) is 47.2 Å². The highest BCUT2D eigenvalue weighted by Crippen LogP contribution is 2.31. The summed E-state index contributed by atoms with van der Waals surface area (Å²) in [6.07, 6.45) is 6.25. The largest absolute Gasteiger partial charge is 0.368 e. The van der Waals surface area contributed by atoms with Crippen molar-refractivity contribution in [3.63, 3.8) is 0 Å². The van der Waals surface area contributed by atoms with E-state index >= 15 is 0 Å². The van der Waals surface area contributed by atoms with Gasteiger partial charge in [0.15, 0.2) is 0 Å². The summed E-state index contributed by atoms with van der Waals surface area (Å²) in [4.78, 5) is 8.98. The first-order chi connectivity index (χ1) is 14.8. The van der Waals surface area contributed by atoms with Crippen LogP contribution in [0.3, 0.4) is 0 Å². The number of nitrogens with zero attached hydrogens (tertiary/aromatic N) is 2. The minimum atomic E-state index is 0.320. The van der Waals surface area contributed by atoms with Crippen LogP contribution in [0.15, 0.2) is 72.8 Å². The quantitative estimate of drug-likeness (QED) is 0.427. The molecule has 0 amide bonds. The number of fused-ring (bicyclic) bond motifs is 1. The summed E-state index contributed by atoms with van der Waals surface area (Å²) in [5, 5.41) is 4.67. The number of hydrogen-bond donors (Lipinski definition) is 2. The normalized spacial score (nSPS) is 14.7. The van der Waals surface area contributed by atoms with Gasteiger partial charge < -0.3 is 11.1 Å². The Hall–Kier alpha value is -3.40. The zero-order chi connectivity index (χ0) is 20.3. The van der Waals surface area contributed by atoms with Crippen molar-refractivity contribution in [2.24, 2.45) is 0 Å². The maximum Gasteiger partial charge on any atom is 0.222 e. The first kappa shape index (κ1) is 18.6. The van der Waals surface area contributed by atoms with Gasteiger partial charge in [0.1, 0.15) is 5.82 Å². The van der Waals surface area contributed by atoms with Gasteiger partial charge in [-0.2, -0.15) is 4.98 Å². The minimum Gasteiger partial charge on any atom is -0.368 e. The number of hydrogen-bond acceptors (Lipinski definition) is 4. The van der Waals surface area contributed by atoms with Crippen LogP contribution in [0.25, 0.3) is 33.2 Å². The van der Waals surface area contributed by atoms with Crippen molar-refractivity contribution in [1.29, 1.82) is 0 Å². The predicted molar refractivity (Wildman–Crippen MR) is 125 cm³/mol. The highest BCUT2D eigenvalue weighted by Gasteiger charge is 2.16. The molecule has 0 bridgehead atoms. The number of benzene rings is 3. The summed E-state index contributed by atoms with van der Waals surface area (Å²) in [5.41, 5.74) is 11.6. The Balaban J connectivity index is 1.49. The summed E-state index contributed by atoms with van der Waals surface area (Å²) in [5.74, 6) is 1.17. The number of nitrogens with two attached hydrogens (primary N) is 1. The highest BCUT2D eigenvalue weighted by molar-refractivity contribution is 5.93. The van der Waals surface area contributed by atoms with Crippen molar-refractivity contribution in [3.05, 3.63) is 72.8 Å². The van der Waals surface area contributed by atoms with E-state index in [2.05, 4.69) is 75.9 Å². The molecule has 30 heavy (non-hydrogen) atoms. The molecular formula is C26H26N4. The Morgan fingerprint density at radius 2 is 1.33 bits per heavy atom. The summed E-state index contributed by atoms with van der Waals surface area (Å²) < 4.78 is 0. The van der Waals surface area contributed by atoms with Crippen molar-refractivity contribution in [3.8, 4) is 22.3 Å². The van der Waals surface area contributed by atoms with Crippen LogP contribution in [0.4, 0.5) is 11.8 Å². The van der Waals surface area contributed by atoms with Gasteiger partial charge in [0, 0.05) is 11.4 Å². The lowest BCUT2D eigenvalue weighted by atomic mass is 9.95. The number of nitrogen functional groups attached to an aromatic ring is 1. The third-order valence-corrected chi connectivity index (χ3v) is 5.98. The second-order valence-corrected chi connectivity index (χ2v) is 8.08. The van der Waals surface area contributed by atoms with Crippen molar-refractivity contribution >= 4 is 22.7 Å². The topological polar surface area (TPSA) is 63.8 Å². The number of anilines is 2. The van der Waals surface area contributed by atoms with Gasteiger partial charge in [0.05, 0.1) is 5.52 Å². The molecular weight excluding hydrogens is 368 g/mol. The Kier molecular flexibility index (Phi) is 5.06. The van der Waals surface area contributed by atoms with Gasteiger partial charge in [-0.25, -0.2) is 4.98 Å². The molecule has 3 aromatic carbocycles. The van der Waals surface area contributed by atoms with Crippen LogP contribution < -0.4 is 11.1 Å². The van der Waals surface area contributed by atoms with E-state index in [-0.39, 0.29) is 0 Å². The van der Waals surface area contributed by atoms with E-state index in [0.29, 0.717) is 12.0 Å². The fourth-order valence-electron chi connectivity index (χ4n) is 4.36. The lowest BCUT2D eigenvalue weighted by Gasteiger charge is -2.24. The minimum absolute atomic E-state index is 0.320. The van der Waals surface area contributed by atoms with E-state index in [0.717, 1.165) is 22.3 Å². The van der Waals surface area contributed by atoms with Crippen molar-refractivity contribution in [2.75, 3.05) is 11.1 Å². The molecule has 4 nitrogen and oxygen atoms in total. The molecule has 4 aromatic rings. The number of rotatable bonds is 4. The zero-order valence-electron chi connectivity index (χ0n) is 17.0. The highest BCUT2D eigenvalue weighted by atomic mass is 15.1. The molecule has 0 atom stereocenters. The van der Waals surface area contributed by atoms with Crippen LogP contribution in [0.1, 0.15) is 32.1 Å². The molecule has 1 aromatic heterocycles. The monoisotopic (exact) mass is 394 g/mol. The molecule has 5 rings (SSSR count). The van der Waals surface area contributed by atoms with Gasteiger partial charge in [0.25, 0.3) is 0 Å². The van der Waals surface area contributed by atoms with E-state index in [1.54, 1.807) is 0 Å². The van der Waals surface area contributed by atoms with Gasteiger partial charge in [0.2, 0.25) is 5.95 Å². The average molecular weight is 395 g/mol. The van der Waals surface area contributed by atoms with Crippen molar-refractivity contribution < 1.29 is 0 Å². The predicted octanol–water partition coefficient (Wildman–Crippen LogP) is 6.29. The molecule has 1 aliphatic carbocycles. The second-order valence-electron chi connectivity index (χ2n) is 8.08. The maximum atomic E-state index is 5.99. The summed E-state index contributed by atoms with van der Waals surface area (Å²) in [7, 11) is 0. The van der Waals surface area contributed by atoms with Crippen LogP contribution in [0.5, 0.6) is 0 Å². The maximum absolute atomic E-state index is 5.99. The van der Waals surface area contributed by atoms with Crippen LogP contribution in [-0.4, -0.2) is 16.0 Å². The fraction of sp³-hybridized carbons (Fsp3) is 0.231. The Morgan fingerprint density at radius 3 is 2.07 bits per heavy atom. The van der Waals surface area contributed by atoms with Crippen LogP contribution in [-0.2, 0) is 0 Å².